The van der Waals surface area contributed by atoms with E-state index in [0.29, 0.717) is 30.4 Å². The van der Waals surface area contributed by atoms with Crippen molar-refractivity contribution in [1.29, 1.82) is 0 Å². The number of carboxylic acids is 1. The Labute approximate surface area is 117 Å². The van der Waals surface area contributed by atoms with Crippen LogP contribution in [0.25, 0.3) is 0 Å². The molecule has 2 N–H and O–H groups in total. The van der Waals surface area contributed by atoms with Crippen LogP contribution in [0.15, 0.2) is 12.1 Å². The Morgan fingerprint density at radius 2 is 2.11 bits per heavy atom. The molecule has 1 amide bonds. The second kappa shape index (κ2) is 7.25. The quantitative estimate of drug-likeness (QED) is 0.799. The van der Waals surface area contributed by atoms with Crippen molar-refractivity contribution in [3.05, 3.63) is 21.9 Å². The fourth-order valence-electron chi connectivity index (χ4n) is 1.52. The smallest absolute Gasteiger partial charge is 0.345 e. The summed E-state index contributed by atoms with van der Waals surface area (Å²) in [4.78, 5) is 25.5. The topological polar surface area (TPSA) is 69.6 Å². The average molecular weight is 284 g/mol. The van der Waals surface area contributed by atoms with Gasteiger partial charge in [-0.15, -0.1) is 11.3 Å². The van der Waals surface area contributed by atoms with Crippen molar-refractivity contribution in [3.63, 3.8) is 0 Å². The summed E-state index contributed by atoms with van der Waals surface area (Å²) in [5, 5.41) is 11.7. The van der Waals surface area contributed by atoms with Crippen LogP contribution >= 0.6 is 11.3 Å². The van der Waals surface area contributed by atoms with E-state index in [0.717, 1.165) is 4.88 Å². The van der Waals surface area contributed by atoms with Crippen molar-refractivity contribution < 1.29 is 14.7 Å². The molecule has 0 aliphatic heterocycles. The molecular formula is C13H20N2O3S. The van der Waals surface area contributed by atoms with Crippen LogP contribution < -0.4 is 5.32 Å². The van der Waals surface area contributed by atoms with Crippen molar-refractivity contribution >= 4 is 23.2 Å². The molecule has 0 aliphatic rings. The molecule has 0 aromatic carbocycles. The Morgan fingerprint density at radius 1 is 1.42 bits per heavy atom. The SMILES string of the molecule is CC(C)CNC(=O)CN(C)Cc1ccc(C(=O)O)s1. The Hall–Kier alpha value is -1.40. The molecule has 0 spiro atoms. The minimum atomic E-state index is -0.909. The Bertz CT molecular complexity index is 443. The van der Waals surface area contributed by atoms with Gasteiger partial charge in [-0.3, -0.25) is 9.69 Å². The third kappa shape index (κ3) is 5.85. The number of carboxylic acid groups (broad SMARTS) is 1. The fourth-order valence-corrected chi connectivity index (χ4v) is 2.45. The normalized spacial score (nSPS) is 11.0. The van der Waals surface area contributed by atoms with E-state index >= 15 is 0 Å². The van der Waals surface area contributed by atoms with Gasteiger partial charge in [-0.25, -0.2) is 4.79 Å². The van der Waals surface area contributed by atoms with Crippen LogP contribution in [0.3, 0.4) is 0 Å². The molecular weight excluding hydrogens is 264 g/mol. The maximum absolute atomic E-state index is 11.6. The summed E-state index contributed by atoms with van der Waals surface area (Å²) in [5.74, 6) is -0.482. The van der Waals surface area contributed by atoms with Gasteiger partial charge < -0.3 is 10.4 Å². The molecule has 0 aliphatic carbocycles. The lowest BCUT2D eigenvalue weighted by Gasteiger charge is -2.15. The van der Waals surface area contributed by atoms with Crippen LogP contribution in [0.1, 0.15) is 28.4 Å². The molecule has 1 heterocycles. The number of likely N-dealkylation sites (N-methyl/N-ethyl adjacent to an activating group) is 1. The first-order chi connectivity index (χ1) is 8.88. The van der Waals surface area contributed by atoms with Crippen LogP contribution in [-0.4, -0.2) is 42.0 Å². The Balaban J connectivity index is 2.39. The van der Waals surface area contributed by atoms with Crippen LogP contribution in [0.2, 0.25) is 0 Å². The zero-order valence-electron chi connectivity index (χ0n) is 11.5. The van der Waals surface area contributed by atoms with Gasteiger partial charge in [-0.1, -0.05) is 13.8 Å². The lowest BCUT2D eigenvalue weighted by atomic mass is 10.2. The lowest BCUT2D eigenvalue weighted by Crippen LogP contribution is -2.36. The van der Waals surface area contributed by atoms with E-state index in [1.54, 1.807) is 12.1 Å². The van der Waals surface area contributed by atoms with Crippen LogP contribution in [0.4, 0.5) is 0 Å². The number of thiophene rings is 1. The summed E-state index contributed by atoms with van der Waals surface area (Å²) in [5.41, 5.74) is 0. The fraction of sp³-hybridized carbons (Fsp3) is 0.538. The number of amides is 1. The first kappa shape index (κ1) is 15.7. The van der Waals surface area contributed by atoms with Gasteiger partial charge >= 0.3 is 5.97 Å². The second-order valence-corrected chi connectivity index (χ2v) is 6.11. The minimum Gasteiger partial charge on any atom is -0.477 e. The molecule has 0 radical (unpaired) electrons. The number of hydrogen-bond acceptors (Lipinski definition) is 4. The molecule has 1 aromatic heterocycles. The van der Waals surface area contributed by atoms with E-state index < -0.39 is 5.97 Å². The maximum atomic E-state index is 11.6. The summed E-state index contributed by atoms with van der Waals surface area (Å²) in [6.45, 7) is 5.65. The molecule has 6 heteroatoms. The highest BCUT2D eigenvalue weighted by molar-refractivity contribution is 7.13. The molecule has 0 fully saturated rings. The molecule has 0 saturated carbocycles. The molecule has 0 saturated heterocycles. The Morgan fingerprint density at radius 3 is 2.63 bits per heavy atom. The first-order valence-electron chi connectivity index (χ1n) is 6.15. The van der Waals surface area contributed by atoms with Gasteiger partial charge in [0.25, 0.3) is 0 Å². The molecule has 0 bridgehead atoms. The highest BCUT2D eigenvalue weighted by atomic mass is 32.1. The third-order valence-corrected chi connectivity index (χ3v) is 3.48. The number of hydrogen-bond donors (Lipinski definition) is 2. The second-order valence-electron chi connectivity index (χ2n) is 4.94. The predicted molar refractivity (Wildman–Crippen MR) is 75.5 cm³/mol. The standard InChI is InChI=1S/C13H20N2O3S/c1-9(2)6-14-12(16)8-15(3)7-10-4-5-11(19-10)13(17)18/h4-5,9H,6-8H2,1-3H3,(H,14,16)(H,17,18). The van der Waals surface area contributed by atoms with Crippen LogP contribution in [0.5, 0.6) is 0 Å². The van der Waals surface area contributed by atoms with Gasteiger partial charge in [-0.05, 0) is 25.1 Å². The summed E-state index contributed by atoms with van der Waals surface area (Å²) < 4.78 is 0. The van der Waals surface area contributed by atoms with Crippen LogP contribution in [-0.2, 0) is 11.3 Å². The largest absolute Gasteiger partial charge is 0.477 e. The summed E-state index contributed by atoms with van der Waals surface area (Å²) in [7, 11) is 1.84. The molecule has 0 unspecified atom stereocenters. The molecule has 1 rings (SSSR count). The molecule has 1 aromatic rings. The van der Waals surface area contributed by atoms with Crippen molar-refractivity contribution in [2.45, 2.75) is 20.4 Å². The van der Waals surface area contributed by atoms with E-state index in [1.165, 1.54) is 11.3 Å². The van der Waals surface area contributed by atoms with Crippen LogP contribution in [0, 0.1) is 5.92 Å². The van der Waals surface area contributed by atoms with Gasteiger partial charge in [0, 0.05) is 18.0 Å². The van der Waals surface area contributed by atoms with E-state index in [1.807, 2.05) is 25.8 Å². The van der Waals surface area contributed by atoms with Gasteiger partial charge in [0.1, 0.15) is 4.88 Å². The summed E-state index contributed by atoms with van der Waals surface area (Å²) >= 11 is 1.24. The first-order valence-corrected chi connectivity index (χ1v) is 6.97. The van der Waals surface area contributed by atoms with E-state index in [4.69, 9.17) is 5.11 Å². The molecule has 5 nitrogen and oxygen atoms in total. The third-order valence-electron chi connectivity index (χ3n) is 2.42. The number of nitrogens with one attached hydrogen (secondary N) is 1. The zero-order chi connectivity index (χ0) is 14.4. The highest BCUT2D eigenvalue weighted by Gasteiger charge is 2.11. The highest BCUT2D eigenvalue weighted by Crippen LogP contribution is 2.17. The van der Waals surface area contributed by atoms with E-state index in [-0.39, 0.29) is 5.91 Å². The van der Waals surface area contributed by atoms with Gasteiger partial charge in [0.2, 0.25) is 5.91 Å². The molecule has 19 heavy (non-hydrogen) atoms. The van der Waals surface area contributed by atoms with Gasteiger partial charge in [-0.2, -0.15) is 0 Å². The minimum absolute atomic E-state index is 0.00814. The van der Waals surface area contributed by atoms with Gasteiger partial charge in [0.05, 0.1) is 6.54 Å². The summed E-state index contributed by atoms with van der Waals surface area (Å²) in [6, 6.07) is 3.38. The Kier molecular flexibility index (Phi) is 5.98. The average Bonchev–Trinajstić information content (AvgIpc) is 2.74. The van der Waals surface area contributed by atoms with E-state index in [2.05, 4.69) is 5.32 Å². The monoisotopic (exact) mass is 284 g/mol. The number of carbonyl (C=O) groups is 2. The van der Waals surface area contributed by atoms with Crippen molar-refractivity contribution in [1.82, 2.24) is 10.2 Å². The lowest BCUT2D eigenvalue weighted by molar-refractivity contribution is -0.122. The molecule has 0 atom stereocenters. The van der Waals surface area contributed by atoms with Crippen molar-refractivity contribution in [2.75, 3.05) is 20.1 Å². The number of carbonyl (C=O) groups excluding carboxylic acids is 1. The zero-order valence-corrected chi connectivity index (χ0v) is 12.3. The van der Waals surface area contributed by atoms with E-state index in [9.17, 15) is 9.59 Å². The maximum Gasteiger partial charge on any atom is 0.345 e. The van der Waals surface area contributed by atoms with Crippen molar-refractivity contribution in [2.24, 2.45) is 5.92 Å². The van der Waals surface area contributed by atoms with Crippen molar-refractivity contribution in [3.8, 4) is 0 Å². The predicted octanol–water partition coefficient (Wildman–Crippen LogP) is 1.65. The number of aromatic carboxylic acids is 1. The number of nitrogens with zero attached hydrogens (tertiary/aromatic N) is 1. The van der Waals surface area contributed by atoms with Gasteiger partial charge in [0.15, 0.2) is 0 Å². The molecule has 106 valence electrons. The summed E-state index contributed by atoms with van der Waals surface area (Å²) in [6.07, 6.45) is 0. The number of rotatable bonds is 7.